The summed E-state index contributed by atoms with van der Waals surface area (Å²) in [5.74, 6) is 0.184. The van der Waals surface area contributed by atoms with Crippen LogP contribution in [-0.4, -0.2) is 13.1 Å². The van der Waals surface area contributed by atoms with Gasteiger partial charge in [-0.3, -0.25) is 4.79 Å². The quantitative estimate of drug-likeness (QED) is 0.791. The first-order chi connectivity index (χ1) is 10.6. The molecule has 0 aromatic heterocycles. The fraction of sp³-hybridized carbons (Fsp3) is 0.278. The Morgan fingerprint density at radius 3 is 2.64 bits per heavy atom. The molecule has 0 N–H and O–H groups in total. The Bertz CT molecular complexity index is 692. The van der Waals surface area contributed by atoms with Crippen molar-refractivity contribution in [1.29, 1.82) is 0 Å². The van der Waals surface area contributed by atoms with Gasteiger partial charge >= 0.3 is 5.97 Å². The highest BCUT2D eigenvalue weighted by Gasteiger charge is 2.52. The van der Waals surface area contributed by atoms with Crippen molar-refractivity contribution in [3.8, 4) is 5.75 Å². The van der Waals surface area contributed by atoms with Gasteiger partial charge in [0.1, 0.15) is 18.2 Å². The lowest BCUT2D eigenvalue weighted by Crippen LogP contribution is -2.21. The number of rotatable bonds is 5. The number of ether oxygens (including phenoxy) is 2. The average molecular weight is 300 g/mol. The third kappa shape index (κ3) is 2.82. The molecule has 2 aromatic rings. The number of hydrogen-bond donors (Lipinski definition) is 0. The molecular formula is C18H17FO3. The van der Waals surface area contributed by atoms with Gasteiger partial charge in [-0.1, -0.05) is 24.3 Å². The Labute approximate surface area is 128 Å². The topological polar surface area (TPSA) is 35.5 Å². The van der Waals surface area contributed by atoms with Gasteiger partial charge in [-0.2, -0.15) is 0 Å². The molecule has 0 spiro atoms. The molecule has 0 atom stereocenters. The van der Waals surface area contributed by atoms with Crippen molar-refractivity contribution < 1.29 is 18.7 Å². The molecule has 1 saturated carbocycles. The van der Waals surface area contributed by atoms with Gasteiger partial charge in [-0.15, -0.1) is 0 Å². The molecule has 0 radical (unpaired) electrons. The lowest BCUT2D eigenvalue weighted by Gasteiger charge is -2.14. The van der Waals surface area contributed by atoms with E-state index in [-0.39, 0.29) is 18.4 Å². The Morgan fingerprint density at radius 1 is 1.18 bits per heavy atom. The van der Waals surface area contributed by atoms with Crippen molar-refractivity contribution in [2.45, 2.75) is 24.9 Å². The molecule has 0 unspecified atom stereocenters. The predicted octanol–water partition coefficient (Wildman–Crippen LogP) is 3.61. The summed E-state index contributed by atoms with van der Waals surface area (Å²) < 4.78 is 23.7. The van der Waals surface area contributed by atoms with E-state index in [9.17, 15) is 9.18 Å². The maximum Gasteiger partial charge on any atom is 0.316 e. The molecule has 1 aliphatic carbocycles. The fourth-order valence-corrected chi connectivity index (χ4v) is 2.61. The zero-order chi connectivity index (χ0) is 15.6. The zero-order valence-electron chi connectivity index (χ0n) is 12.3. The first-order valence-electron chi connectivity index (χ1n) is 7.20. The average Bonchev–Trinajstić information content (AvgIpc) is 3.34. The second-order valence-corrected chi connectivity index (χ2v) is 5.52. The number of benzene rings is 2. The van der Waals surface area contributed by atoms with Crippen LogP contribution in [0.2, 0.25) is 0 Å². The van der Waals surface area contributed by atoms with E-state index in [0.29, 0.717) is 5.75 Å². The fourth-order valence-electron chi connectivity index (χ4n) is 2.61. The van der Waals surface area contributed by atoms with Gasteiger partial charge in [0.25, 0.3) is 0 Å². The highest BCUT2D eigenvalue weighted by Crippen LogP contribution is 2.49. The molecular weight excluding hydrogens is 283 g/mol. The second kappa shape index (κ2) is 5.79. The first-order valence-corrected chi connectivity index (χ1v) is 7.20. The Kier molecular flexibility index (Phi) is 3.84. The smallest absolute Gasteiger partial charge is 0.316 e. The molecule has 0 bridgehead atoms. The van der Waals surface area contributed by atoms with Crippen LogP contribution in [0.3, 0.4) is 0 Å². The van der Waals surface area contributed by atoms with Crippen LogP contribution in [0.1, 0.15) is 24.0 Å². The van der Waals surface area contributed by atoms with E-state index in [1.807, 2.05) is 30.3 Å². The van der Waals surface area contributed by atoms with E-state index in [1.54, 1.807) is 6.07 Å². The summed E-state index contributed by atoms with van der Waals surface area (Å²) in [6.07, 6.45) is 1.60. The number of hydrogen-bond acceptors (Lipinski definition) is 3. The van der Waals surface area contributed by atoms with Crippen molar-refractivity contribution in [3.05, 3.63) is 65.5 Å². The minimum atomic E-state index is -0.507. The summed E-state index contributed by atoms with van der Waals surface area (Å²) in [5.41, 5.74) is 1.17. The van der Waals surface area contributed by atoms with Crippen LogP contribution in [-0.2, 0) is 21.6 Å². The maximum atomic E-state index is 13.1. The van der Waals surface area contributed by atoms with Crippen LogP contribution in [0.25, 0.3) is 0 Å². The first kappa shape index (κ1) is 14.6. The standard InChI is InChI=1S/C18H17FO3/c1-21-17(20)18(8-9-18)14-5-3-7-16(11-14)22-12-13-4-2-6-15(19)10-13/h2-7,10-11H,8-9,12H2,1H3. The molecule has 1 aliphatic rings. The van der Waals surface area contributed by atoms with Crippen LogP contribution in [0.15, 0.2) is 48.5 Å². The molecule has 1 fully saturated rings. The van der Waals surface area contributed by atoms with Crippen LogP contribution in [0.4, 0.5) is 4.39 Å². The summed E-state index contributed by atoms with van der Waals surface area (Å²) in [7, 11) is 1.41. The van der Waals surface area contributed by atoms with Crippen LogP contribution >= 0.6 is 0 Å². The van der Waals surface area contributed by atoms with Gasteiger partial charge in [0, 0.05) is 0 Å². The van der Waals surface area contributed by atoms with E-state index >= 15 is 0 Å². The second-order valence-electron chi connectivity index (χ2n) is 5.52. The normalized spacial score (nSPS) is 15.2. The molecule has 0 saturated heterocycles. The minimum Gasteiger partial charge on any atom is -0.489 e. The summed E-state index contributed by atoms with van der Waals surface area (Å²) in [6.45, 7) is 0.284. The minimum absolute atomic E-state index is 0.199. The molecule has 114 valence electrons. The van der Waals surface area contributed by atoms with Crippen LogP contribution in [0, 0.1) is 5.82 Å². The Morgan fingerprint density at radius 2 is 1.95 bits per heavy atom. The SMILES string of the molecule is COC(=O)C1(c2cccc(OCc3cccc(F)c3)c2)CC1. The summed E-state index contributed by atoms with van der Waals surface area (Å²) in [6, 6.07) is 13.8. The van der Waals surface area contributed by atoms with E-state index in [0.717, 1.165) is 24.0 Å². The van der Waals surface area contributed by atoms with Crippen LogP contribution in [0.5, 0.6) is 5.75 Å². The Balaban J connectivity index is 1.73. The van der Waals surface area contributed by atoms with Crippen molar-refractivity contribution in [2.75, 3.05) is 7.11 Å². The lowest BCUT2D eigenvalue weighted by molar-refractivity contribution is -0.143. The van der Waals surface area contributed by atoms with E-state index in [2.05, 4.69) is 0 Å². The number of carbonyl (C=O) groups excluding carboxylic acids is 1. The van der Waals surface area contributed by atoms with Gasteiger partial charge < -0.3 is 9.47 Å². The van der Waals surface area contributed by atoms with E-state index in [4.69, 9.17) is 9.47 Å². The van der Waals surface area contributed by atoms with Crippen molar-refractivity contribution in [2.24, 2.45) is 0 Å². The lowest BCUT2D eigenvalue weighted by atomic mass is 9.96. The third-order valence-electron chi connectivity index (χ3n) is 4.01. The van der Waals surface area contributed by atoms with Crippen molar-refractivity contribution >= 4 is 5.97 Å². The molecule has 4 heteroatoms. The van der Waals surface area contributed by atoms with Crippen molar-refractivity contribution in [3.63, 3.8) is 0 Å². The molecule has 0 amide bonds. The maximum absolute atomic E-state index is 13.1. The summed E-state index contributed by atoms with van der Waals surface area (Å²) in [5, 5.41) is 0. The number of esters is 1. The number of halogens is 1. The summed E-state index contributed by atoms with van der Waals surface area (Å²) in [4.78, 5) is 11.9. The molecule has 3 nitrogen and oxygen atoms in total. The number of carbonyl (C=O) groups is 1. The molecule has 0 heterocycles. The van der Waals surface area contributed by atoms with E-state index < -0.39 is 5.41 Å². The Hall–Kier alpha value is -2.36. The van der Waals surface area contributed by atoms with Gasteiger partial charge in [0.2, 0.25) is 0 Å². The van der Waals surface area contributed by atoms with Gasteiger partial charge in [0.05, 0.1) is 12.5 Å². The molecule has 0 aliphatic heterocycles. The van der Waals surface area contributed by atoms with Gasteiger partial charge in [-0.05, 0) is 48.2 Å². The highest BCUT2D eigenvalue weighted by molar-refractivity contribution is 5.86. The zero-order valence-corrected chi connectivity index (χ0v) is 12.3. The largest absolute Gasteiger partial charge is 0.489 e. The monoisotopic (exact) mass is 300 g/mol. The molecule has 3 rings (SSSR count). The molecule has 22 heavy (non-hydrogen) atoms. The highest BCUT2D eigenvalue weighted by atomic mass is 19.1. The summed E-state index contributed by atoms with van der Waals surface area (Å²) >= 11 is 0. The number of methoxy groups -OCH3 is 1. The van der Waals surface area contributed by atoms with Gasteiger partial charge in [0.15, 0.2) is 0 Å². The van der Waals surface area contributed by atoms with Gasteiger partial charge in [-0.25, -0.2) is 4.39 Å². The predicted molar refractivity (Wildman–Crippen MR) is 80.1 cm³/mol. The third-order valence-corrected chi connectivity index (χ3v) is 4.01. The van der Waals surface area contributed by atoms with Crippen LogP contribution < -0.4 is 4.74 Å². The molecule has 2 aromatic carbocycles. The van der Waals surface area contributed by atoms with E-state index in [1.165, 1.54) is 19.2 Å². The van der Waals surface area contributed by atoms with Crippen molar-refractivity contribution in [1.82, 2.24) is 0 Å².